The van der Waals surface area contributed by atoms with Crippen molar-refractivity contribution in [3.05, 3.63) is 89.1 Å². The summed E-state index contributed by atoms with van der Waals surface area (Å²) in [5, 5.41) is 14.9. The van der Waals surface area contributed by atoms with Crippen molar-refractivity contribution < 1.29 is 9.59 Å². The molecule has 5 rings (SSSR count). The van der Waals surface area contributed by atoms with Crippen LogP contribution in [0.1, 0.15) is 21.5 Å². The molecule has 1 aromatic heterocycles. The Labute approximate surface area is 190 Å². The Balaban J connectivity index is 1.56. The van der Waals surface area contributed by atoms with Crippen molar-refractivity contribution in [2.45, 2.75) is 6.54 Å². The number of rotatable bonds is 3. The molecule has 1 aliphatic heterocycles. The van der Waals surface area contributed by atoms with Gasteiger partial charge in [-0.3, -0.25) is 19.2 Å². The van der Waals surface area contributed by atoms with Gasteiger partial charge in [0.15, 0.2) is 0 Å². The average molecular weight is 433 g/mol. The summed E-state index contributed by atoms with van der Waals surface area (Å²) >= 11 is 0. The van der Waals surface area contributed by atoms with Gasteiger partial charge in [-0.15, -0.1) is 0 Å². The topological polar surface area (TPSA) is 105 Å². The molecule has 0 bridgehead atoms. The molecule has 0 atom stereocenters. The lowest BCUT2D eigenvalue weighted by Crippen LogP contribution is -2.32. The quantitative estimate of drug-likeness (QED) is 0.300. The second-order valence-electron chi connectivity index (χ2n) is 7.87. The minimum Gasteiger partial charge on any atom is -0.398 e. The highest BCUT2D eigenvalue weighted by atomic mass is 16.2. The van der Waals surface area contributed by atoms with Crippen molar-refractivity contribution >= 4 is 34.5 Å². The number of imide groups is 1. The largest absolute Gasteiger partial charge is 0.398 e. The number of nitrogens with two attached hydrogens (primary N) is 1. The normalized spacial score (nSPS) is 13.3. The minimum atomic E-state index is -0.644. The first-order chi connectivity index (χ1) is 16.0. The van der Waals surface area contributed by atoms with Crippen molar-refractivity contribution in [1.29, 1.82) is 5.26 Å². The number of anilines is 1. The third-order valence-corrected chi connectivity index (χ3v) is 5.89. The third-order valence-electron chi connectivity index (χ3n) is 5.89. The number of benzene rings is 3. The number of nitrogen functional groups attached to an aromatic ring is 1. The van der Waals surface area contributed by atoms with Crippen LogP contribution in [0, 0.1) is 11.3 Å². The van der Waals surface area contributed by atoms with Gasteiger partial charge in [-0.05, 0) is 40.5 Å². The van der Waals surface area contributed by atoms with E-state index in [9.17, 15) is 14.9 Å². The number of aryl methyl sites for hydroxylation is 1. The Morgan fingerprint density at radius 1 is 1.15 bits per heavy atom. The van der Waals surface area contributed by atoms with Crippen LogP contribution in [0.4, 0.5) is 5.69 Å². The van der Waals surface area contributed by atoms with E-state index in [1.807, 2.05) is 55.6 Å². The van der Waals surface area contributed by atoms with E-state index in [-0.39, 0.29) is 12.1 Å². The molecule has 2 N–H and O–H groups in total. The van der Waals surface area contributed by atoms with E-state index in [0.717, 1.165) is 26.9 Å². The molecule has 0 saturated carbocycles. The lowest BCUT2D eigenvalue weighted by Gasteiger charge is -2.13. The van der Waals surface area contributed by atoms with Crippen molar-refractivity contribution in [2.75, 3.05) is 5.73 Å². The van der Waals surface area contributed by atoms with E-state index in [4.69, 9.17) is 5.73 Å². The second kappa shape index (κ2) is 7.77. The molecule has 0 spiro atoms. The Morgan fingerprint density at radius 3 is 2.70 bits per heavy atom. The first-order valence-electron chi connectivity index (χ1n) is 10.3. The smallest absolute Gasteiger partial charge is 0.271 e. The molecule has 0 radical (unpaired) electrons. The first-order valence-corrected chi connectivity index (χ1v) is 10.3. The maximum Gasteiger partial charge on any atom is 0.271 e. The zero-order chi connectivity index (χ0) is 23.1. The molecule has 2 heterocycles. The molecule has 0 aliphatic carbocycles. The van der Waals surface area contributed by atoms with Crippen LogP contribution in [0.15, 0.2) is 72.4 Å². The van der Waals surface area contributed by atoms with Crippen molar-refractivity contribution in [2.24, 2.45) is 7.05 Å². The van der Waals surface area contributed by atoms with Crippen LogP contribution in [-0.2, 0) is 18.4 Å². The van der Waals surface area contributed by atoms with Gasteiger partial charge in [0.2, 0.25) is 0 Å². The molecule has 3 aromatic carbocycles. The predicted molar refractivity (Wildman–Crippen MR) is 125 cm³/mol. The van der Waals surface area contributed by atoms with Gasteiger partial charge in [0.05, 0.1) is 23.8 Å². The molecule has 0 saturated heterocycles. The first kappa shape index (κ1) is 20.2. The van der Waals surface area contributed by atoms with Crippen molar-refractivity contribution in [3.63, 3.8) is 0 Å². The third kappa shape index (κ3) is 3.34. The van der Waals surface area contributed by atoms with Crippen LogP contribution in [0.3, 0.4) is 0 Å². The molecule has 33 heavy (non-hydrogen) atoms. The summed E-state index contributed by atoms with van der Waals surface area (Å²) < 4.78 is 1.78. The molecule has 160 valence electrons. The van der Waals surface area contributed by atoms with Crippen LogP contribution < -0.4 is 5.73 Å². The average Bonchev–Trinajstić information content (AvgIpc) is 3.38. The molecular weight excluding hydrogens is 414 g/mol. The van der Waals surface area contributed by atoms with Gasteiger partial charge in [0, 0.05) is 18.1 Å². The maximum absolute atomic E-state index is 13.2. The van der Waals surface area contributed by atoms with Crippen molar-refractivity contribution in [1.82, 2.24) is 14.7 Å². The zero-order valence-electron chi connectivity index (χ0n) is 17.8. The second-order valence-corrected chi connectivity index (χ2v) is 7.87. The number of hydrogen-bond acceptors (Lipinski definition) is 5. The number of carbonyl (C=O) groups is 2. The van der Waals surface area contributed by atoms with Gasteiger partial charge in [0.25, 0.3) is 11.8 Å². The fourth-order valence-corrected chi connectivity index (χ4v) is 4.20. The Hall–Kier alpha value is -4.70. The Bertz CT molecular complexity index is 1510. The SMILES string of the molecule is Cn1ncc2ccc(-c3ccc(N)c4c3CN(C(=O)/C(C#N)=C/c3ccccc3)C4=O)cc21. The number of fused-ring (bicyclic) bond motifs is 2. The molecular formula is C26H19N5O2. The molecule has 2 amide bonds. The van der Waals surface area contributed by atoms with E-state index in [2.05, 4.69) is 5.10 Å². The van der Waals surface area contributed by atoms with Crippen LogP contribution in [0.2, 0.25) is 0 Å². The van der Waals surface area contributed by atoms with Crippen LogP contribution in [-0.4, -0.2) is 26.5 Å². The summed E-state index contributed by atoms with van der Waals surface area (Å²) in [6.07, 6.45) is 3.28. The lowest BCUT2D eigenvalue weighted by atomic mass is 9.95. The summed E-state index contributed by atoms with van der Waals surface area (Å²) in [5.41, 5.74) is 10.7. The Kier molecular flexibility index (Phi) is 4.76. The number of amides is 2. The van der Waals surface area contributed by atoms with Gasteiger partial charge in [0.1, 0.15) is 11.6 Å². The minimum absolute atomic E-state index is 0.0462. The Morgan fingerprint density at radius 2 is 1.94 bits per heavy atom. The molecule has 4 aromatic rings. The van der Waals surface area contributed by atoms with Crippen molar-refractivity contribution in [3.8, 4) is 17.2 Å². The molecule has 1 aliphatic rings. The fourth-order valence-electron chi connectivity index (χ4n) is 4.20. The van der Waals surface area contributed by atoms with E-state index in [1.54, 1.807) is 29.1 Å². The summed E-state index contributed by atoms with van der Waals surface area (Å²) in [6.45, 7) is 0.0462. The van der Waals surface area contributed by atoms with E-state index < -0.39 is 11.8 Å². The zero-order valence-corrected chi connectivity index (χ0v) is 17.8. The number of carbonyl (C=O) groups excluding carboxylic acids is 2. The maximum atomic E-state index is 13.2. The number of hydrogen-bond donors (Lipinski definition) is 1. The highest BCUT2D eigenvalue weighted by molar-refractivity contribution is 6.17. The standard InChI is InChI=1S/C26H19N5O2/c1-30-23-12-17(7-8-18(23)14-29-30)20-9-10-22(28)24-21(20)15-31(26(24)33)25(32)19(13-27)11-16-5-3-2-4-6-16/h2-12,14H,15,28H2,1H3/b19-11+. The highest BCUT2D eigenvalue weighted by Crippen LogP contribution is 2.37. The number of nitriles is 1. The predicted octanol–water partition coefficient (Wildman–Crippen LogP) is 3.91. The molecule has 7 nitrogen and oxygen atoms in total. The number of aromatic nitrogens is 2. The summed E-state index contributed by atoms with van der Waals surface area (Å²) in [5.74, 6) is -1.14. The van der Waals surface area contributed by atoms with Gasteiger partial charge in [-0.1, -0.05) is 48.5 Å². The molecule has 0 unspecified atom stereocenters. The lowest BCUT2D eigenvalue weighted by molar-refractivity contribution is -0.124. The monoisotopic (exact) mass is 433 g/mol. The summed E-state index contributed by atoms with van der Waals surface area (Å²) in [7, 11) is 1.87. The molecule has 7 heteroatoms. The van der Waals surface area contributed by atoms with Crippen LogP contribution in [0.25, 0.3) is 28.1 Å². The van der Waals surface area contributed by atoms with Gasteiger partial charge >= 0.3 is 0 Å². The van der Waals surface area contributed by atoms with E-state index in [0.29, 0.717) is 22.4 Å². The summed E-state index contributed by atoms with van der Waals surface area (Å²) in [6, 6.07) is 20.4. The van der Waals surface area contributed by atoms with Crippen LogP contribution in [0.5, 0.6) is 0 Å². The molecule has 0 fully saturated rings. The van der Waals surface area contributed by atoms with Crippen LogP contribution >= 0.6 is 0 Å². The van der Waals surface area contributed by atoms with E-state index in [1.165, 1.54) is 6.08 Å². The van der Waals surface area contributed by atoms with Gasteiger partial charge < -0.3 is 5.73 Å². The highest BCUT2D eigenvalue weighted by Gasteiger charge is 2.37. The fraction of sp³-hybridized carbons (Fsp3) is 0.0769. The summed E-state index contributed by atoms with van der Waals surface area (Å²) in [4.78, 5) is 27.5. The number of nitrogens with zero attached hydrogens (tertiary/aromatic N) is 4. The van der Waals surface area contributed by atoms with Gasteiger partial charge in [-0.25, -0.2) is 0 Å². The van der Waals surface area contributed by atoms with Gasteiger partial charge in [-0.2, -0.15) is 10.4 Å². The van der Waals surface area contributed by atoms with E-state index >= 15 is 0 Å².